The van der Waals surface area contributed by atoms with Crippen molar-refractivity contribution < 1.29 is 23.1 Å². The van der Waals surface area contributed by atoms with Gasteiger partial charge in [0.15, 0.2) is 5.76 Å². The molecule has 0 saturated carbocycles. The highest BCUT2D eigenvalue weighted by molar-refractivity contribution is 7.98. The SMILES string of the molecule is O=C(c1ccc(CSC(F)F)o1)N1CCC[C@@H]1CO. The standard InChI is InChI=1S/C12H15F2NO3S/c13-12(14)19-7-9-3-4-10(18-9)11(17)15-5-1-2-8(15)6-16/h3-4,8,12,16H,1-2,5-7H2/t8-/m1/s1. The third kappa shape index (κ3) is 3.48. The summed E-state index contributed by atoms with van der Waals surface area (Å²) in [6, 6.07) is 2.86. The van der Waals surface area contributed by atoms with Crippen LogP contribution in [-0.2, 0) is 5.75 Å². The number of hydrogen-bond acceptors (Lipinski definition) is 4. The van der Waals surface area contributed by atoms with Gasteiger partial charge in [0, 0.05) is 6.54 Å². The molecule has 1 saturated heterocycles. The van der Waals surface area contributed by atoms with E-state index in [0.717, 1.165) is 12.8 Å². The van der Waals surface area contributed by atoms with Crippen LogP contribution in [0.5, 0.6) is 0 Å². The van der Waals surface area contributed by atoms with Crippen LogP contribution in [0.1, 0.15) is 29.2 Å². The van der Waals surface area contributed by atoms with Crippen molar-refractivity contribution >= 4 is 17.7 Å². The molecule has 106 valence electrons. The van der Waals surface area contributed by atoms with Crippen molar-refractivity contribution in [2.24, 2.45) is 0 Å². The molecule has 2 heterocycles. The normalized spacial score (nSPS) is 19.4. The number of halogens is 2. The largest absolute Gasteiger partial charge is 0.455 e. The van der Waals surface area contributed by atoms with E-state index in [9.17, 15) is 18.7 Å². The molecular weight excluding hydrogens is 276 g/mol. The van der Waals surface area contributed by atoms with E-state index >= 15 is 0 Å². The molecule has 7 heteroatoms. The highest BCUT2D eigenvalue weighted by Crippen LogP contribution is 2.24. The number of hydrogen-bond donors (Lipinski definition) is 1. The summed E-state index contributed by atoms with van der Waals surface area (Å²) in [6.07, 6.45) is 1.63. The fourth-order valence-corrected chi connectivity index (χ4v) is 2.60. The minimum Gasteiger partial charge on any atom is -0.455 e. The lowest BCUT2D eigenvalue weighted by Gasteiger charge is -2.21. The van der Waals surface area contributed by atoms with Gasteiger partial charge in [0.1, 0.15) is 5.76 Å². The van der Waals surface area contributed by atoms with Gasteiger partial charge in [-0.05, 0) is 25.0 Å². The fraction of sp³-hybridized carbons (Fsp3) is 0.583. The number of alkyl halides is 2. The summed E-state index contributed by atoms with van der Waals surface area (Å²) in [5.41, 5.74) is 0. The Labute approximate surface area is 113 Å². The van der Waals surface area contributed by atoms with E-state index in [1.807, 2.05) is 0 Å². The maximum Gasteiger partial charge on any atom is 0.289 e. The van der Waals surface area contributed by atoms with Crippen LogP contribution in [0, 0.1) is 0 Å². The summed E-state index contributed by atoms with van der Waals surface area (Å²) < 4.78 is 29.4. The molecule has 19 heavy (non-hydrogen) atoms. The first kappa shape index (κ1) is 14.3. The van der Waals surface area contributed by atoms with Crippen molar-refractivity contribution in [3.8, 4) is 0 Å². The van der Waals surface area contributed by atoms with Gasteiger partial charge < -0.3 is 14.4 Å². The molecule has 1 aromatic heterocycles. The van der Waals surface area contributed by atoms with Crippen molar-refractivity contribution in [3.63, 3.8) is 0 Å². The molecule has 2 rings (SSSR count). The van der Waals surface area contributed by atoms with Crippen molar-refractivity contribution in [1.82, 2.24) is 4.90 Å². The first-order chi connectivity index (χ1) is 9.11. The van der Waals surface area contributed by atoms with Crippen LogP contribution in [0.2, 0.25) is 0 Å². The third-order valence-electron chi connectivity index (χ3n) is 3.07. The topological polar surface area (TPSA) is 53.7 Å². The van der Waals surface area contributed by atoms with E-state index in [1.165, 1.54) is 12.1 Å². The van der Waals surface area contributed by atoms with Crippen LogP contribution in [0.3, 0.4) is 0 Å². The molecule has 1 amide bonds. The smallest absolute Gasteiger partial charge is 0.289 e. The molecule has 0 unspecified atom stereocenters. The summed E-state index contributed by atoms with van der Waals surface area (Å²) in [6.45, 7) is 0.520. The first-order valence-electron chi connectivity index (χ1n) is 6.02. The molecule has 4 nitrogen and oxygen atoms in total. The lowest BCUT2D eigenvalue weighted by atomic mass is 10.2. The summed E-state index contributed by atoms with van der Waals surface area (Å²) in [5, 5.41) is 9.17. The number of amides is 1. The zero-order valence-electron chi connectivity index (χ0n) is 10.2. The lowest BCUT2D eigenvalue weighted by molar-refractivity contribution is 0.0644. The average molecular weight is 291 g/mol. The van der Waals surface area contributed by atoms with Crippen molar-refractivity contribution in [2.75, 3.05) is 13.2 Å². The number of furan rings is 1. The number of aliphatic hydroxyl groups excluding tert-OH is 1. The predicted octanol–water partition coefficient (Wildman–Crippen LogP) is 2.33. The second kappa shape index (κ2) is 6.38. The van der Waals surface area contributed by atoms with Crippen LogP contribution < -0.4 is 0 Å². The van der Waals surface area contributed by atoms with Gasteiger partial charge in [-0.3, -0.25) is 4.79 Å². The maximum absolute atomic E-state index is 12.1. The maximum atomic E-state index is 12.1. The minimum absolute atomic E-state index is 0.0361. The predicted molar refractivity (Wildman–Crippen MR) is 67.2 cm³/mol. The Morgan fingerprint density at radius 3 is 3.05 bits per heavy atom. The molecule has 0 bridgehead atoms. The molecule has 0 aliphatic carbocycles. The Balaban J connectivity index is 1.99. The van der Waals surface area contributed by atoms with Crippen LogP contribution in [0.4, 0.5) is 8.78 Å². The highest BCUT2D eigenvalue weighted by Gasteiger charge is 2.30. The third-order valence-corrected chi connectivity index (χ3v) is 3.78. The molecule has 0 radical (unpaired) electrons. The number of likely N-dealkylation sites (tertiary alicyclic amines) is 1. The number of aliphatic hydroxyl groups is 1. The quantitative estimate of drug-likeness (QED) is 0.904. The Morgan fingerprint density at radius 1 is 1.58 bits per heavy atom. The number of carbonyl (C=O) groups excluding carboxylic acids is 1. The molecule has 0 aromatic carbocycles. The van der Waals surface area contributed by atoms with Gasteiger partial charge in [-0.2, -0.15) is 8.78 Å². The second-order valence-electron chi connectivity index (χ2n) is 4.31. The van der Waals surface area contributed by atoms with Gasteiger partial charge in [-0.15, -0.1) is 0 Å². The average Bonchev–Trinajstić information content (AvgIpc) is 3.04. The lowest BCUT2D eigenvalue weighted by Crippen LogP contribution is -2.37. The van der Waals surface area contributed by atoms with Crippen LogP contribution in [0.15, 0.2) is 16.5 Å². The van der Waals surface area contributed by atoms with E-state index in [1.54, 1.807) is 4.90 Å². The number of thioether (sulfide) groups is 1. The van der Waals surface area contributed by atoms with E-state index < -0.39 is 5.76 Å². The summed E-state index contributed by atoms with van der Waals surface area (Å²) in [5.74, 6) is -2.21. The summed E-state index contributed by atoms with van der Waals surface area (Å²) >= 11 is 0.455. The van der Waals surface area contributed by atoms with E-state index in [4.69, 9.17) is 4.42 Å². The molecule has 1 aromatic rings. The van der Waals surface area contributed by atoms with Gasteiger partial charge in [-0.1, -0.05) is 11.8 Å². The molecule has 1 atom stereocenters. The minimum atomic E-state index is -2.46. The number of rotatable bonds is 5. The van der Waals surface area contributed by atoms with Gasteiger partial charge in [-0.25, -0.2) is 0 Å². The molecule has 1 fully saturated rings. The van der Waals surface area contributed by atoms with Crippen LogP contribution in [0.25, 0.3) is 0 Å². The van der Waals surface area contributed by atoms with Crippen molar-refractivity contribution in [3.05, 3.63) is 23.7 Å². The highest BCUT2D eigenvalue weighted by atomic mass is 32.2. The Bertz CT molecular complexity index is 438. The number of carbonyl (C=O) groups is 1. The molecule has 0 spiro atoms. The monoisotopic (exact) mass is 291 g/mol. The van der Waals surface area contributed by atoms with Crippen molar-refractivity contribution in [1.29, 1.82) is 0 Å². The first-order valence-corrected chi connectivity index (χ1v) is 7.07. The van der Waals surface area contributed by atoms with Crippen LogP contribution >= 0.6 is 11.8 Å². The molecule has 1 aliphatic heterocycles. The Hall–Kier alpha value is -1.08. The number of nitrogens with zero attached hydrogens (tertiary/aromatic N) is 1. The second-order valence-corrected chi connectivity index (χ2v) is 5.29. The Kier molecular flexibility index (Phi) is 4.81. The van der Waals surface area contributed by atoms with Gasteiger partial charge in [0.2, 0.25) is 0 Å². The van der Waals surface area contributed by atoms with E-state index in [0.29, 0.717) is 24.1 Å². The fourth-order valence-electron chi connectivity index (χ4n) is 2.15. The summed E-state index contributed by atoms with van der Waals surface area (Å²) in [7, 11) is 0. The summed E-state index contributed by atoms with van der Waals surface area (Å²) in [4.78, 5) is 13.7. The van der Waals surface area contributed by atoms with E-state index in [-0.39, 0.29) is 30.1 Å². The zero-order chi connectivity index (χ0) is 13.8. The van der Waals surface area contributed by atoms with Crippen molar-refractivity contribution in [2.45, 2.75) is 30.4 Å². The van der Waals surface area contributed by atoms with Gasteiger partial charge >= 0.3 is 0 Å². The Morgan fingerprint density at radius 2 is 2.37 bits per heavy atom. The van der Waals surface area contributed by atoms with E-state index in [2.05, 4.69) is 0 Å². The molecular formula is C12H15F2NO3S. The van der Waals surface area contributed by atoms with Gasteiger partial charge in [0.05, 0.1) is 18.4 Å². The molecule has 1 N–H and O–H groups in total. The van der Waals surface area contributed by atoms with Crippen LogP contribution in [-0.4, -0.2) is 40.9 Å². The molecule has 1 aliphatic rings. The van der Waals surface area contributed by atoms with Gasteiger partial charge in [0.25, 0.3) is 11.7 Å². The zero-order valence-corrected chi connectivity index (χ0v) is 11.0.